The molecule has 1 amide bonds. The Hall–Kier alpha value is -2.35. The Bertz CT molecular complexity index is 860. The zero-order valence-electron chi connectivity index (χ0n) is 15.0. The molecule has 2 aromatic rings. The lowest BCUT2D eigenvalue weighted by Crippen LogP contribution is -2.39. The molecule has 0 aliphatic rings. The van der Waals surface area contributed by atoms with Crippen LogP contribution >= 0.6 is 23.2 Å². The van der Waals surface area contributed by atoms with E-state index in [0.717, 1.165) is 5.56 Å². The second-order valence-corrected chi connectivity index (χ2v) is 6.72. The normalized spacial score (nSPS) is 11.9. The third-order valence-corrected chi connectivity index (χ3v) is 5.00. The first-order valence-electron chi connectivity index (χ1n) is 8.01. The molecule has 0 heterocycles. The Balaban J connectivity index is 2.14. The van der Waals surface area contributed by atoms with E-state index in [-0.39, 0.29) is 17.3 Å². The molecule has 0 aliphatic carbocycles. The van der Waals surface area contributed by atoms with Crippen molar-refractivity contribution in [3.05, 3.63) is 62.1 Å². The van der Waals surface area contributed by atoms with Crippen molar-refractivity contribution in [3.63, 3.8) is 0 Å². The molecule has 0 saturated carbocycles. The highest BCUT2D eigenvalue weighted by Gasteiger charge is 2.21. The van der Waals surface area contributed by atoms with E-state index in [9.17, 15) is 14.9 Å². The average Bonchev–Trinajstić information content (AvgIpc) is 2.64. The molecule has 0 spiro atoms. The number of nitro groups is 1. The second kappa shape index (κ2) is 9.03. The number of nitrogens with one attached hydrogen (secondary N) is 1. The number of carbonyl (C=O) groups is 1. The van der Waals surface area contributed by atoms with Gasteiger partial charge < -0.3 is 10.1 Å². The summed E-state index contributed by atoms with van der Waals surface area (Å²) in [6.45, 7) is 2.12. The van der Waals surface area contributed by atoms with Crippen molar-refractivity contribution in [1.29, 1.82) is 0 Å². The van der Waals surface area contributed by atoms with Crippen LogP contribution in [0.4, 0.5) is 11.4 Å². The minimum Gasteiger partial charge on any atom is -0.495 e. The molecule has 2 aromatic carbocycles. The Morgan fingerprint density at radius 3 is 2.67 bits per heavy atom. The Labute approximate surface area is 167 Å². The Kier molecular flexibility index (Phi) is 7.01. The molecule has 0 fully saturated rings. The fourth-order valence-corrected chi connectivity index (χ4v) is 2.80. The highest BCUT2D eigenvalue weighted by Crippen LogP contribution is 2.30. The van der Waals surface area contributed by atoms with Gasteiger partial charge in [-0.1, -0.05) is 35.3 Å². The van der Waals surface area contributed by atoms with Crippen molar-refractivity contribution in [1.82, 2.24) is 4.90 Å². The van der Waals surface area contributed by atoms with Crippen molar-refractivity contribution >= 4 is 40.5 Å². The molecular formula is C18H19Cl2N3O4. The monoisotopic (exact) mass is 411 g/mol. The minimum absolute atomic E-state index is 0.141. The van der Waals surface area contributed by atoms with Gasteiger partial charge in [-0.3, -0.25) is 19.8 Å². The lowest BCUT2D eigenvalue weighted by molar-refractivity contribution is -0.384. The van der Waals surface area contributed by atoms with Crippen LogP contribution in [0.5, 0.6) is 5.75 Å². The van der Waals surface area contributed by atoms with E-state index < -0.39 is 11.0 Å². The third kappa shape index (κ3) is 5.09. The molecule has 1 atom stereocenters. The van der Waals surface area contributed by atoms with E-state index in [1.165, 1.54) is 25.3 Å². The number of non-ortho nitro benzene ring substituents is 1. The SMILES string of the molecule is COc1ccc([N+](=O)[O-])cc1NC(=O)[C@H](C)N(C)Cc1cccc(Cl)c1Cl. The largest absolute Gasteiger partial charge is 0.495 e. The van der Waals surface area contributed by atoms with Gasteiger partial charge in [0, 0.05) is 18.7 Å². The average molecular weight is 412 g/mol. The van der Waals surface area contributed by atoms with Crippen LogP contribution in [0, 0.1) is 10.1 Å². The molecule has 0 radical (unpaired) electrons. The van der Waals surface area contributed by atoms with Crippen molar-refractivity contribution in [2.24, 2.45) is 0 Å². The first-order valence-corrected chi connectivity index (χ1v) is 8.76. The topological polar surface area (TPSA) is 84.7 Å². The second-order valence-electron chi connectivity index (χ2n) is 5.93. The van der Waals surface area contributed by atoms with Crippen LogP contribution in [-0.2, 0) is 11.3 Å². The Morgan fingerprint density at radius 2 is 2.04 bits per heavy atom. The molecule has 144 valence electrons. The summed E-state index contributed by atoms with van der Waals surface area (Å²) in [5.41, 5.74) is 0.884. The summed E-state index contributed by atoms with van der Waals surface area (Å²) in [5, 5.41) is 14.5. The maximum Gasteiger partial charge on any atom is 0.271 e. The molecule has 0 unspecified atom stereocenters. The summed E-state index contributed by atoms with van der Waals surface area (Å²) < 4.78 is 5.16. The highest BCUT2D eigenvalue weighted by atomic mass is 35.5. The minimum atomic E-state index is -0.538. The molecule has 7 nitrogen and oxygen atoms in total. The van der Waals surface area contributed by atoms with Gasteiger partial charge in [-0.25, -0.2) is 0 Å². The lowest BCUT2D eigenvalue weighted by atomic mass is 10.1. The van der Waals surface area contributed by atoms with Crippen LogP contribution in [0.25, 0.3) is 0 Å². The van der Waals surface area contributed by atoms with Gasteiger partial charge >= 0.3 is 0 Å². The summed E-state index contributed by atoms with van der Waals surface area (Å²) in [6.07, 6.45) is 0. The fraction of sp³-hybridized carbons (Fsp3) is 0.278. The zero-order chi connectivity index (χ0) is 20.1. The van der Waals surface area contributed by atoms with Crippen LogP contribution in [0.2, 0.25) is 10.0 Å². The molecule has 9 heteroatoms. The first kappa shape index (κ1) is 21.0. The predicted molar refractivity (Wildman–Crippen MR) is 106 cm³/mol. The molecule has 2 rings (SSSR count). The number of nitro benzene ring substituents is 1. The van der Waals surface area contributed by atoms with E-state index in [0.29, 0.717) is 22.3 Å². The van der Waals surface area contributed by atoms with Gasteiger partial charge in [-0.15, -0.1) is 0 Å². The van der Waals surface area contributed by atoms with Gasteiger partial charge in [-0.2, -0.15) is 0 Å². The predicted octanol–water partition coefficient (Wildman–Crippen LogP) is 4.37. The van der Waals surface area contributed by atoms with Gasteiger partial charge in [0.15, 0.2) is 0 Å². The van der Waals surface area contributed by atoms with Gasteiger partial charge in [0.2, 0.25) is 5.91 Å². The van der Waals surface area contributed by atoms with Crippen LogP contribution in [-0.4, -0.2) is 35.9 Å². The maximum atomic E-state index is 12.6. The van der Waals surface area contributed by atoms with Crippen LogP contribution in [0.1, 0.15) is 12.5 Å². The van der Waals surface area contributed by atoms with Crippen LogP contribution in [0.3, 0.4) is 0 Å². The van der Waals surface area contributed by atoms with Gasteiger partial charge in [0.25, 0.3) is 5.69 Å². The van der Waals surface area contributed by atoms with Crippen LogP contribution < -0.4 is 10.1 Å². The summed E-state index contributed by atoms with van der Waals surface area (Å²) in [4.78, 5) is 24.8. The quantitative estimate of drug-likeness (QED) is 0.539. The number of benzene rings is 2. The maximum absolute atomic E-state index is 12.6. The van der Waals surface area contributed by atoms with Gasteiger partial charge in [-0.05, 0) is 31.7 Å². The van der Waals surface area contributed by atoms with E-state index in [2.05, 4.69) is 5.32 Å². The third-order valence-electron chi connectivity index (χ3n) is 4.14. The smallest absolute Gasteiger partial charge is 0.271 e. The molecular weight excluding hydrogens is 393 g/mol. The summed E-state index contributed by atoms with van der Waals surface area (Å²) in [5.74, 6) is -0.00358. The molecule has 0 aromatic heterocycles. The summed E-state index contributed by atoms with van der Waals surface area (Å²) >= 11 is 12.2. The van der Waals surface area contributed by atoms with Gasteiger partial charge in [0.1, 0.15) is 5.75 Å². The number of ether oxygens (including phenoxy) is 1. The summed E-state index contributed by atoms with van der Waals surface area (Å²) in [7, 11) is 3.19. The number of hydrogen-bond donors (Lipinski definition) is 1. The molecule has 0 bridgehead atoms. The fourth-order valence-electron chi connectivity index (χ4n) is 2.42. The number of halogens is 2. The highest BCUT2D eigenvalue weighted by molar-refractivity contribution is 6.42. The molecule has 27 heavy (non-hydrogen) atoms. The van der Waals surface area contributed by atoms with E-state index >= 15 is 0 Å². The molecule has 1 N–H and O–H groups in total. The first-order chi connectivity index (χ1) is 12.7. The number of anilines is 1. The number of rotatable bonds is 7. The number of hydrogen-bond acceptors (Lipinski definition) is 5. The van der Waals surface area contributed by atoms with Crippen LogP contribution in [0.15, 0.2) is 36.4 Å². The number of nitrogens with zero attached hydrogens (tertiary/aromatic N) is 2. The number of carbonyl (C=O) groups excluding carboxylic acids is 1. The van der Waals surface area contributed by atoms with Crippen molar-refractivity contribution in [2.45, 2.75) is 19.5 Å². The van der Waals surface area contributed by atoms with Crippen molar-refractivity contribution in [3.8, 4) is 5.75 Å². The van der Waals surface area contributed by atoms with Crippen molar-refractivity contribution < 1.29 is 14.5 Å². The standard InChI is InChI=1S/C18H19Cl2N3O4/c1-11(22(2)10-12-5-4-6-14(19)17(12)20)18(24)21-15-9-13(23(25)26)7-8-16(15)27-3/h4-9,11H,10H2,1-3H3,(H,21,24)/t11-/m0/s1. The van der Waals surface area contributed by atoms with Crippen molar-refractivity contribution in [2.75, 3.05) is 19.5 Å². The lowest BCUT2D eigenvalue weighted by Gasteiger charge is -2.24. The zero-order valence-corrected chi connectivity index (χ0v) is 16.5. The van der Waals surface area contributed by atoms with E-state index in [4.69, 9.17) is 27.9 Å². The summed E-state index contributed by atoms with van der Waals surface area (Å²) in [6, 6.07) is 8.78. The van der Waals surface area contributed by atoms with E-state index in [1.54, 1.807) is 31.0 Å². The van der Waals surface area contributed by atoms with Gasteiger partial charge in [0.05, 0.1) is 33.8 Å². The number of amides is 1. The molecule has 0 saturated heterocycles. The number of methoxy groups -OCH3 is 1. The molecule has 0 aliphatic heterocycles. The van der Waals surface area contributed by atoms with E-state index in [1.807, 2.05) is 6.07 Å². The Morgan fingerprint density at radius 1 is 1.33 bits per heavy atom. The number of likely N-dealkylation sites (N-methyl/N-ethyl adjacent to an activating group) is 1.